The van der Waals surface area contributed by atoms with E-state index in [1.54, 1.807) is 25.4 Å². The molecule has 7 heteroatoms. The van der Waals surface area contributed by atoms with E-state index in [4.69, 9.17) is 9.47 Å². The summed E-state index contributed by atoms with van der Waals surface area (Å²) in [6, 6.07) is 7.88. The normalized spacial score (nSPS) is 12.0. The first kappa shape index (κ1) is 19.9. The lowest BCUT2D eigenvalue weighted by Gasteiger charge is -2.19. The summed E-state index contributed by atoms with van der Waals surface area (Å²) in [6.45, 7) is 5.88. The lowest BCUT2D eigenvalue weighted by Crippen LogP contribution is -2.32. The molecule has 0 aliphatic carbocycles. The van der Waals surface area contributed by atoms with Crippen LogP contribution < -0.4 is 4.74 Å². The summed E-state index contributed by atoms with van der Waals surface area (Å²) >= 11 is 0. The smallest absolute Gasteiger partial charge is 0.260 e. The number of aromatic nitrogens is 3. The largest absolute Gasteiger partial charge is 0.483 e. The van der Waals surface area contributed by atoms with E-state index in [0.29, 0.717) is 25.6 Å². The van der Waals surface area contributed by atoms with Gasteiger partial charge in [-0.1, -0.05) is 32.0 Å². The van der Waals surface area contributed by atoms with E-state index in [0.717, 1.165) is 23.6 Å². The van der Waals surface area contributed by atoms with Crippen LogP contribution in [0.5, 0.6) is 5.75 Å². The summed E-state index contributed by atoms with van der Waals surface area (Å²) in [5.74, 6) is 1.77. The molecule has 1 amide bonds. The number of carbonyl (C=O) groups excluding carboxylic acids is 1. The van der Waals surface area contributed by atoms with Crippen LogP contribution in [-0.4, -0.2) is 52.9 Å². The minimum absolute atomic E-state index is 0.00381. The number of methoxy groups -OCH3 is 1. The Morgan fingerprint density at radius 1 is 1.35 bits per heavy atom. The van der Waals surface area contributed by atoms with Gasteiger partial charge in [0.15, 0.2) is 12.4 Å². The van der Waals surface area contributed by atoms with E-state index >= 15 is 0 Å². The number of likely N-dealkylation sites (N-methyl/N-ethyl adjacent to an activating group) is 1. The quantitative estimate of drug-likeness (QED) is 0.651. The van der Waals surface area contributed by atoms with Crippen LogP contribution in [0.2, 0.25) is 0 Å². The number of hydrogen-bond acceptors (Lipinski definition) is 5. The molecule has 2 aromatic rings. The van der Waals surface area contributed by atoms with Gasteiger partial charge in [-0.2, -0.15) is 0 Å². The molecule has 1 atom stereocenters. The van der Waals surface area contributed by atoms with Crippen molar-refractivity contribution in [3.8, 4) is 5.75 Å². The number of nitrogens with zero attached hydrogens (tertiary/aromatic N) is 4. The number of amides is 1. The predicted octanol–water partition coefficient (Wildman–Crippen LogP) is 2.48. The summed E-state index contributed by atoms with van der Waals surface area (Å²) < 4.78 is 12.8. The van der Waals surface area contributed by atoms with Crippen LogP contribution in [-0.2, 0) is 22.6 Å². The molecule has 142 valence electrons. The summed E-state index contributed by atoms with van der Waals surface area (Å²) in [4.78, 5) is 14.0. The van der Waals surface area contributed by atoms with Gasteiger partial charge in [0.2, 0.25) is 0 Å². The molecule has 0 fully saturated rings. The standard InChI is InChI=1S/C19H28N4O3/c1-5-15(2)16-8-6-7-9-17(16)26-13-19(24)22(3)12-18-21-20-14-23(18)10-11-25-4/h6-9,14-15H,5,10-13H2,1-4H3/t15-/m0/s1. The molecule has 0 saturated carbocycles. The Morgan fingerprint density at radius 3 is 2.85 bits per heavy atom. The van der Waals surface area contributed by atoms with Crippen LogP contribution in [0.4, 0.5) is 0 Å². The Morgan fingerprint density at radius 2 is 2.12 bits per heavy atom. The van der Waals surface area contributed by atoms with Gasteiger partial charge in [-0.3, -0.25) is 4.79 Å². The van der Waals surface area contributed by atoms with Gasteiger partial charge in [0.05, 0.1) is 13.2 Å². The molecule has 26 heavy (non-hydrogen) atoms. The fourth-order valence-electron chi connectivity index (χ4n) is 2.57. The van der Waals surface area contributed by atoms with Crippen molar-refractivity contribution in [3.63, 3.8) is 0 Å². The van der Waals surface area contributed by atoms with Crippen molar-refractivity contribution >= 4 is 5.91 Å². The first-order chi connectivity index (χ1) is 12.6. The van der Waals surface area contributed by atoms with E-state index in [1.807, 2.05) is 22.8 Å². The third kappa shape index (κ3) is 5.29. The molecule has 0 aliphatic rings. The van der Waals surface area contributed by atoms with Crippen LogP contribution in [0.3, 0.4) is 0 Å². The molecule has 1 heterocycles. The number of para-hydroxylation sites is 1. The molecule has 2 rings (SSSR count). The molecule has 0 unspecified atom stereocenters. The molecule has 1 aromatic heterocycles. The highest BCUT2D eigenvalue weighted by Gasteiger charge is 2.16. The second kappa shape index (κ2) is 9.91. The summed E-state index contributed by atoms with van der Waals surface area (Å²) in [5, 5.41) is 7.99. The molecule has 0 saturated heterocycles. The lowest BCUT2D eigenvalue weighted by atomic mass is 9.98. The molecule has 0 spiro atoms. The molecule has 0 N–H and O–H groups in total. The zero-order valence-corrected chi connectivity index (χ0v) is 16.0. The zero-order valence-electron chi connectivity index (χ0n) is 16.0. The van der Waals surface area contributed by atoms with Gasteiger partial charge >= 0.3 is 0 Å². The summed E-state index contributed by atoms with van der Waals surface area (Å²) in [7, 11) is 3.38. The Labute approximate surface area is 154 Å². The fraction of sp³-hybridized carbons (Fsp3) is 0.526. The van der Waals surface area contributed by atoms with Crippen molar-refractivity contribution in [3.05, 3.63) is 42.0 Å². The van der Waals surface area contributed by atoms with E-state index in [1.165, 1.54) is 0 Å². The van der Waals surface area contributed by atoms with Gasteiger partial charge in [-0.15, -0.1) is 10.2 Å². The highest BCUT2D eigenvalue weighted by molar-refractivity contribution is 5.77. The zero-order chi connectivity index (χ0) is 18.9. The van der Waals surface area contributed by atoms with Crippen LogP contribution in [0.1, 0.15) is 37.6 Å². The average Bonchev–Trinajstić information content (AvgIpc) is 3.10. The van der Waals surface area contributed by atoms with Gasteiger partial charge in [0, 0.05) is 20.7 Å². The highest BCUT2D eigenvalue weighted by Crippen LogP contribution is 2.28. The fourth-order valence-corrected chi connectivity index (χ4v) is 2.57. The van der Waals surface area contributed by atoms with Crippen LogP contribution in [0.15, 0.2) is 30.6 Å². The van der Waals surface area contributed by atoms with Crippen molar-refractivity contribution in [2.24, 2.45) is 0 Å². The first-order valence-electron chi connectivity index (χ1n) is 8.88. The second-order valence-corrected chi connectivity index (χ2v) is 6.32. The third-order valence-corrected chi connectivity index (χ3v) is 4.45. The van der Waals surface area contributed by atoms with Crippen molar-refractivity contribution in [1.82, 2.24) is 19.7 Å². The topological polar surface area (TPSA) is 69.5 Å². The van der Waals surface area contributed by atoms with Crippen molar-refractivity contribution in [2.75, 3.05) is 27.4 Å². The number of ether oxygens (including phenoxy) is 2. The van der Waals surface area contributed by atoms with E-state index in [2.05, 4.69) is 30.1 Å². The van der Waals surface area contributed by atoms with Gasteiger partial charge in [-0.05, 0) is 24.0 Å². The molecular weight excluding hydrogens is 332 g/mol. The summed E-state index contributed by atoms with van der Waals surface area (Å²) in [5.41, 5.74) is 1.13. The van der Waals surface area contributed by atoms with Crippen LogP contribution in [0, 0.1) is 0 Å². The molecule has 0 bridgehead atoms. The van der Waals surface area contributed by atoms with Gasteiger partial charge in [0.25, 0.3) is 5.91 Å². The minimum atomic E-state index is -0.106. The Hall–Kier alpha value is -2.41. The third-order valence-electron chi connectivity index (χ3n) is 4.45. The van der Waals surface area contributed by atoms with E-state index in [9.17, 15) is 4.79 Å². The minimum Gasteiger partial charge on any atom is -0.483 e. The highest BCUT2D eigenvalue weighted by atomic mass is 16.5. The monoisotopic (exact) mass is 360 g/mol. The predicted molar refractivity (Wildman–Crippen MR) is 99.0 cm³/mol. The van der Waals surface area contributed by atoms with E-state index < -0.39 is 0 Å². The maximum Gasteiger partial charge on any atom is 0.260 e. The van der Waals surface area contributed by atoms with Crippen LogP contribution >= 0.6 is 0 Å². The van der Waals surface area contributed by atoms with Gasteiger partial charge < -0.3 is 18.9 Å². The van der Waals surface area contributed by atoms with Crippen molar-refractivity contribution in [1.29, 1.82) is 0 Å². The molecule has 0 aliphatic heterocycles. The summed E-state index contributed by atoms with van der Waals surface area (Å²) in [6.07, 6.45) is 2.66. The maximum atomic E-state index is 12.4. The number of carbonyl (C=O) groups is 1. The molecule has 1 aromatic carbocycles. The van der Waals surface area contributed by atoms with E-state index in [-0.39, 0.29) is 12.5 Å². The Bertz CT molecular complexity index is 702. The molecule has 0 radical (unpaired) electrons. The second-order valence-electron chi connectivity index (χ2n) is 6.32. The Balaban J connectivity index is 1.93. The van der Waals surface area contributed by atoms with Crippen molar-refractivity contribution in [2.45, 2.75) is 39.3 Å². The SMILES string of the molecule is CC[C@H](C)c1ccccc1OCC(=O)N(C)Cc1nncn1CCOC. The molecule has 7 nitrogen and oxygen atoms in total. The number of benzene rings is 1. The number of rotatable bonds is 10. The Kier molecular flexibility index (Phi) is 7.59. The van der Waals surface area contributed by atoms with Crippen LogP contribution in [0.25, 0.3) is 0 Å². The molecular formula is C19H28N4O3. The van der Waals surface area contributed by atoms with Crippen molar-refractivity contribution < 1.29 is 14.3 Å². The first-order valence-corrected chi connectivity index (χ1v) is 8.88. The van der Waals surface area contributed by atoms with Gasteiger partial charge in [-0.25, -0.2) is 0 Å². The van der Waals surface area contributed by atoms with Gasteiger partial charge in [0.1, 0.15) is 12.1 Å². The maximum absolute atomic E-state index is 12.4. The lowest BCUT2D eigenvalue weighted by molar-refractivity contribution is -0.132. The average molecular weight is 360 g/mol. The number of hydrogen-bond donors (Lipinski definition) is 0.